The zero-order valence-electron chi connectivity index (χ0n) is 9.85. The molecule has 1 aromatic carbocycles. The van der Waals surface area contributed by atoms with Gasteiger partial charge in [-0.15, -0.1) is 5.10 Å². The highest BCUT2D eigenvalue weighted by Gasteiger charge is 2.21. The second kappa shape index (κ2) is 5.22. The molecule has 96 valence electrons. The molecule has 0 aliphatic carbocycles. The Kier molecular flexibility index (Phi) is 3.66. The molecule has 0 unspecified atom stereocenters. The molecule has 0 atom stereocenters. The van der Waals surface area contributed by atoms with Gasteiger partial charge in [-0.2, -0.15) is 0 Å². The Morgan fingerprint density at radius 1 is 1.28 bits per heavy atom. The number of nitrogens with zero attached hydrogens (tertiary/aromatic N) is 3. The monoisotopic (exact) mass is 253 g/mol. The van der Waals surface area contributed by atoms with Crippen LogP contribution in [0, 0.1) is 6.92 Å². The van der Waals surface area contributed by atoms with Crippen LogP contribution in [0.15, 0.2) is 24.3 Å². The summed E-state index contributed by atoms with van der Waals surface area (Å²) in [6.07, 6.45) is -2.70. The summed E-state index contributed by atoms with van der Waals surface area (Å²) in [5, 5.41) is 16.1. The number of aryl methyl sites for hydroxylation is 1. The summed E-state index contributed by atoms with van der Waals surface area (Å²) in [6, 6.07) is 7.51. The first-order valence-corrected chi connectivity index (χ1v) is 5.48. The predicted octanol–water partition coefficient (Wildman–Crippen LogP) is 2.06. The Bertz CT molecular complexity index is 523. The first kappa shape index (κ1) is 12.6. The molecule has 6 heteroatoms. The van der Waals surface area contributed by atoms with Crippen LogP contribution in [0.25, 0.3) is 0 Å². The van der Waals surface area contributed by atoms with Crippen molar-refractivity contribution >= 4 is 0 Å². The van der Waals surface area contributed by atoms with Gasteiger partial charge < -0.3 is 5.11 Å². The van der Waals surface area contributed by atoms with Gasteiger partial charge in [0.05, 0.1) is 13.2 Å². The standard InChI is InChI=1S/C12H13F2N3O/c1-8-2-4-9(5-3-8)6-17-11(12(13)14)10(7-18)15-16-17/h2-5,12,18H,6-7H2,1H3. The lowest BCUT2D eigenvalue weighted by Gasteiger charge is -2.07. The van der Waals surface area contributed by atoms with Crippen LogP contribution in [0.3, 0.4) is 0 Å². The number of aliphatic hydroxyl groups excluding tert-OH is 1. The molecule has 0 bridgehead atoms. The molecule has 4 nitrogen and oxygen atoms in total. The Hall–Kier alpha value is -1.82. The molecule has 0 fully saturated rings. The highest BCUT2D eigenvalue weighted by atomic mass is 19.3. The van der Waals surface area contributed by atoms with Gasteiger partial charge in [0.2, 0.25) is 0 Å². The van der Waals surface area contributed by atoms with E-state index < -0.39 is 13.0 Å². The van der Waals surface area contributed by atoms with E-state index in [2.05, 4.69) is 10.3 Å². The largest absolute Gasteiger partial charge is 0.390 e. The summed E-state index contributed by atoms with van der Waals surface area (Å²) in [4.78, 5) is 0. The van der Waals surface area contributed by atoms with E-state index in [0.29, 0.717) is 0 Å². The molecule has 0 saturated carbocycles. The third-order valence-electron chi connectivity index (χ3n) is 2.66. The van der Waals surface area contributed by atoms with Gasteiger partial charge in [-0.1, -0.05) is 35.0 Å². The molecular formula is C12H13F2N3O. The number of rotatable bonds is 4. The predicted molar refractivity (Wildman–Crippen MR) is 61.2 cm³/mol. The molecule has 0 saturated heterocycles. The second-order valence-corrected chi connectivity index (χ2v) is 4.02. The van der Waals surface area contributed by atoms with Crippen LogP contribution in [0.2, 0.25) is 0 Å². The third kappa shape index (κ3) is 2.53. The zero-order valence-corrected chi connectivity index (χ0v) is 9.85. The van der Waals surface area contributed by atoms with E-state index in [9.17, 15) is 8.78 Å². The van der Waals surface area contributed by atoms with Gasteiger partial charge in [-0.3, -0.25) is 0 Å². The van der Waals surface area contributed by atoms with E-state index in [1.54, 1.807) is 0 Å². The molecule has 0 aliphatic rings. The molecule has 0 spiro atoms. The van der Waals surface area contributed by atoms with Crippen LogP contribution < -0.4 is 0 Å². The summed E-state index contributed by atoms with van der Waals surface area (Å²) in [5.41, 5.74) is 1.56. The number of benzene rings is 1. The van der Waals surface area contributed by atoms with Crippen molar-refractivity contribution in [2.75, 3.05) is 0 Å². The van der Waals surface area contributed by atoms with Gasteiger partial charge in [0, 0.05) is 0 Å². The van der Waals surface area contributed by atoms with E-state index in [1.807, 2.05) is 31.2 Å². The molecule has 0 radical (unpaired) electrons. The van der Waals surface area contributed by atoms with Gasteiger partial charge in [0.1, 0.15) is 11.4 Å². The van der Waals surface area contributed by atoms with Gasteiger partial charge in [0.15, 0.2) is 0 Å². The molecule has 2 aromatic rings. The van der Waals surface area contributed by atoms with E-state index >= 15 is 0 Å². The lowest BCUT2D eigenvalue weighted by molar-refractivity contribution is 0.135. The highest BCUT2D eigenvalue weighted by Crippen LogP contribution is 2.22. The third-order valence-corrected chi connectivity index (χ3v) is 2.66. The van der Waals surface area contributed by atoms with Crippen molar-refractivity contribution in [1.82, 2.24) is 15.0 Å². The van der Waals surface area contributed by atoms with Crippen LogP contribution in [0.4, 0.5) is 8.78 Å². The van der Waals surface area contributed by atoms with Crippen molar-refractivity contribution in [2.45, 2.75) is 26.5 Å². The molecule has 0 amide bonds. The normalized spacial score (nSPS) is 11.2. The number of hydrogen-bond acceptors (Lipinski definition) is 3. The minimum Gasteiger partial charge on any atom is -0.390 e. The molecule has 18 heavy (non-hydrogen) atoms. The number of aromatic nitrogens is 3. The molecule has 2 rings (SSSR count). The second-order valence-electron chi connectivity index (χ2n) is 4.02. The fourth-order valence-electron chi connectivity index (χ4n) is 1.69. The van der Waals surface area contributed by atoms with Crippen LogP contribution in [0.5, 0.6) is 0 Å². The van der Waals surface area contributed by atoms with Crippen LogP contribution in [0.1, 0.15) is 28.9 Å². The highest BCUT2D eigenvalue weighted by molar-refractivity contribution is 5.22. The Balaban J connectivity index is 2.28. The Morgan fingerprint density at radius 2 is 1.94 bits per heavy atom. The topological polar surface area (TPSA) is 50.9 Å². The number of hydrogen-bond donors (Lipinski definition) is 1. The summed E-state index contributed by atoms with van der Waals surface area (Å²) in [5.74, 6) is 0. The average Bonchev–Trinajstić information content (AvgIpc) is 2.75. The van der Waals surface area contributed by atoms with Crippen LogP contribution in [-0.4, -0.2) is 20.1 Å². The number of alkyl halides is 2. The van der Waals surface area contributed by atoms with Gasteiger partial charge in [-0.25, -0.2) is 13.5 Å². The smallest absolute Gasteiger partial charge is 0.282 e. The molecule has 1 heterocycles. The molecular weight excluding hydrogens is 240 g/mol. The fourth-order valence-corrected chi connectivity index (χ4v) is 1.69. The van der Waals surface area contributed by atoms with Gasteiger partial charge >= 0.3 is 0 Å². The fraction of sp³-hybridized carbons (Fsp3) is 0.333. The van der Waals surface area contributed by atoms with E-state index in [4.69, 9.17) is 5.11 Å². The maximum atomic E-state index is 12.9. The van der Waals surface area contributed by atoms with E-state index in [1.165, 1.54) is 0 Å². The minimum absolute atomic E-state index is 0.0721. The molecule has 0 aliphatic heterocycles. The van der Waals surface area contributed by atoms with Crippen molar-refractivity contribution < 1.29 is 13.9 Å². The van der Waals surface area contributed by atoms with Crippen molar-refractivity contribution in [2.24, 2.45) is 0 Å². The average molecular weight is 253 g/mol. The maximum absolute atomic E-state index is 12.9. The van der Waals surface area contributed by atoms with Crippen molar-refractivity contribution in [3.63, 3.8) is 0 Å². The van der Waals surface area contributed by atoms with Gasteiger partial charge in [0.25, 0.3) is 6.43 Å². The summed E-state index contributed by atoms with van der Waals surface area (Å²) in [6.45, 7) is 1.63. The summed E-state index contributed by atoms with van der Waals surface area (Å²) < 4.78 is 26.9. The lowest BCUT2D eigenvalue weighted by Crippen LogP contribution is -2.08. The zero-order chi connectivity index (χ0) is 13.1. The molecule has 1 aromatic heterocycles. The quantitative estimate of drug-likeness (QED) is 0.907. The van der Waals surface area contributed by atoms with Crippen molar-refractivity contribution in [1.29, 1.82) is 0 Å². The van der Waals surface area contributed by atoms with Crippen molar-refractivity contribution in [3.05, 3.63) is 46.8 Å². The Labute approximate surface area is 103 Å². The SMILES string of the molecule is Cc1ccc(Cn2nnc(CO)c2C(F)F)cc1. The first-order valence-electron chi connectivity index (χ1n) is 5.48. The van der Waals surface area contributed by atoms with Crippen LogP contribution >= 0.6 is 0 Å². The first-order chi connectivity index (χ1) is 8.61. The molecule has 1 N–H and O–H groups in total. The van der Waals surface area contributed by atoms with E-state index in [0.717, 1.165) is 15.8 Å². The summed E-state index contributed by atoms with van der Waals surface area (Å²) in [7, 11) is 0. The Morgan fingerprint density at radius 3 is 2.50 bits per heavy atom. The lowest BCUT2D eigenvalue weighted by atomic mass is 10.1. The maximum Gasteiger partial charge on any atom is 0.282 e. The van der Waals surface area contributed by atoms with Gasteiger partial charge in [-0.05, 0) is 12.5 Å². The number of aliphatic hydroxyl groups is 1. The number of halogens is 2. The van der Waals surface area contributed by atoms with Crippen molar-refractivity contribution in [3.8, 4) is 0 Å². The van der Waals surface area contributed by atoms with E-state index in [-0.39, 0.29) is 17.9 Å². The summed E-state index contributed by atoms with van der Waals surface area (Å²) >= 11 is 0. The van der Waals surface area contributed by atoms with Crippen LogP contribution in [-0.2, 0) is 13.2 Å². The minimum atomic E-state index is -2.70.